The van der Waals surface area contributed by atoms with Gasteiger partial charge in [0.15, 0.2) is 11.5 Å². The molecule has 1 aliphatic heterocycles. The van der Waals surface area contributed by atoms with Crippen LogP contribution < -0.4 is 16.0 Å². The number of hydrogen-bond acceptors (Lipinski definition) is 7. The van der Waals surface area contributed by atoms with Crippen molar-refractivity contribution in [3.8, 4) is 0 Å². The molecule has 0 radical (unpaired) electrons. The Hall–Kier alpha value is -3.33. The molecule has 0 spiro atoms. The van der Waals surface area contributed by atoms with Crippen LogP contribution in [0.5, 0.6) is 0 Å². The second-order valence-electron chi connectivity index (χ2n) is 9.89. The van der Waals surface area contributed by atoms with Crippen molar-refractivity contribution in [3.63, 3.8) is 0 Å². The molecule has 1 saturated carbocycles. The molecule has 2 aromatic heterocycles. The lowest BCUT2D eigenvalue weighted by Crippen LogP contribution is -2.44. The van der Waals surface area contributed by atoms with Crippen molar-refractivity contribution in [3.05, 3.63) is 64.9 Å². The van der Waals surface area contributed by atoms with Gasteiger partial charge in [-0.05, 0) is 92.7 Å². The van der Waals surface area contributed by atoms with Crippen LogP contribution >= 0.6 is 11.5 Å². The van der Waals surface area contributed by atoms with Gasteiger partial charge in [0.05, 0.1) is 28.8 Å². The van der Waals surface area contributed by atoms with Crippen molar-refractivity contribution < 1.29 is 14.0 Å². The van der Waals surface area contributed by atoms with E-state index in [0.29, 0.717) is 11.6 Å². The molecule has 5 rings (SSSR count). The molecule has 3 heterocycles. The summed E-state index contributed by atoms with van der Waals surface area (Å²) >= 11 is 1.30. The average Bonchev–Trinajstić information content (AvgIpc) is 3.62. The Kier molecular flexibility index (Phi) is 6.75. The van der Waals surface area contributed by atoms with Crippen molar-refractivity contribution >= 4 is 39.6 Å². The van der Waals surface area contributed by atoms with Gasteiger partial charge in [-0.15, -0.1) is 0 Å². The number of aryl methyl sites for hydroxylation is 1. The molecule has 1 amide bonds. The van der Waals surface area contributed by atoms with Gasteiger partial charge in [-0.3, -0.25) is 9.59 Å². The molecule has 1 aromatic carbocycles. The van der Waals surface area contributed by atoms with E-state index in [1.54, 1.807) is 12.3 Å². The second kappa shape index (κ2) is 9.97. The third-order valence-electron chi connectivity index (χ3n) is 7.26. The highest BCUT2D eigenvalue weighted by Crippen LogP contribution is 2.40. The molecule has 7 nitrogen and oxygen atoms in total. The summed E-state index contributed by atoms with van der Waals surface area (Å²) in [6, 6.07) is 8.89. The Balaban J connectivity index is 1.34. The molecule has 2 fully saturated rings. The standard InChI is InChI=1S/C27H30FN5O2S/c1-15-10-25(36-32-15)31-23-13-20(14-30-26(23)27(29)35)33-9-3-4-18(16(33)2)12-24(34)21-8-7-19(11-22(21)28)17-5-6-17/h7-8,10-11,13-14,16-18,31H,3-6,9,12H2,1-2H3,(H2,29,35)/t16-,18+/m1/s1. The van der Waals surface area contributed by atoms with Crippen LogP contribution in [0.3, 0.4) is 0 Å². The fourth-order valence-electron chi connectivity index (χ4n) is 5.09. The summed E-state index contributed by atoms with van der Waals surface area (Å²) < 4.78 is 19.0. The highest BCUT2D eigenvalue weighted by molar-refractivity contribution is 7.10. The number of rotatable bonds is 8. The summed E-state index contributed by atoms with van der Waals surface area (Å²) in [4.78, 5) is 31.6. The predicted octanol–water partition coefficient (Wildman–Crippen LogP) is 5.58. The molecule has 1 aliphatic carbocycles. The van der Waals surface area contributed by atoms with Crippen LogP contribution in [0.15, 0.2) is 36.5 Å². The zero-order valence-corrected chi connectivity index (χ0v) is 21.3. The van der Waals surface area contributed by atoms with Gasteiger partial charge in [0, 0.05) is 19.0 Å². The maximum atomic E-state index is 14.7. The number of Topliss-reactive ketones (excluding diaryl/α,β-unsaturated/α-hetero) is 1. The van der Waals surface area contributed by atoms with E-state index in [1.807, 2.05) is 25.1 Å². The number of piperidine rings is 1. The quantitative estimate of drug-likeness (QED) is 0.386. The van der Waals surface area contributed by atoms with Crippen LogP contribution in [0.4, 0.5) is 20.8 Å². The number of primary amides is 1. The Bertz CT molecular complexity index is 1310. The van der Waals surface area contributed by atoms with Crippen LogP contribution in [-0.4, -0.2) is 33.6 Å². The monoisotopic (exact) mass is 507 g/mol. The van der Waals surface area contributed by atoms with E-state index in [2.05, 4.69) is 26.5 Å². The first-order chi connectivity index (χ1) is 17.3. The van der Waals surface area contributed by atoms with E-state index >= 15 is 0 Å². The van der Waals surface area contributed by atoms with E-state index < -0.39 is 11.7 Å². The summed E-state index contributed by atoms with van der Waals surface area (Å²) in [5.41, 5.74) is 9.14. The van der Waals surface area contributed by atoms with Crippen LogP contribution in [0.25, 0.3) is 0 Å². The molecule has 0 unspecified atom stereocenters. The van der Waals surface area contributed by atoms with Gasteiger partial charge in [-0.2, -0.15) is 4.37 Å². The first-order valence-electron chi connectivity index (χ1n) is 12.4. The summed E-state index contributed by atoms with van der Waals surface area (Å²) in [6.07, 6.45) is 5.93. The minimum absolute atomic E-state index is 0.0382. The van der Waals surface area contributed by atoms with Crippen molar-refractivity contribution in [2.24, 2.45) is 11.7 Å². The lowest BCUT2D eigenvalue weighted by molar-refractivity contribution is 0.0941. The van der Waals surface area contributed by atoms with Gasteiger partial charge >= 0.3 is 0 Å². The topological polar surface area (TPSA) is 101 Å². The summed E-state index contributed by atoms with van der Waals surface area (Å²) in [7, 11) is 0. The van der Waals surface area contributed by atoms with Gasteiger partial charge in [0.1, 0.15) is 10.8 Å². The number of benzene rings is 1. The summed E-state index contributed by atoms with van der Waals surface area (Å²) in [5.74, 6) is -0.659. The number of amides is 1. The van der Waals surface area contributed by atoms with Crippen molar-refractivity contribution in [2.75, 3.05) is 16.8 Å². The first-order valence-corrected chi connectivity index (χ1v) is 13.2. The van der Waals surface area contributed by atoms with Gasteiger partial charge in [-0.1, -0.05) is 6.07 Å². The molecular weight excluding hydrogens is 477 g/mol. The van der Waals surface area contributed by atoms with E-state index in [1.165, 1.54) is 17.6 Å². The number of carbonyl (C=O) groups excluding carboxylic acids is 2. The maximum absolute atomic E-state index is 14.7. The second-order valence-corrected chi connectivity index (χ2v) is 10.7. The normalized spacial score (nSPS) is 19.8. The minimum Gasteiger partial charge on any atom is -0.367 e. The predicted molar refractivity (Wildman–Crippen MR) is 140 cm³/mol. The molecule has 2 aliphatic rings. The zero-order chi connectivity index (χ0) is 25.4. The SMILES string of the molecule is Cc1cc(Nc2cc(N3CCC[C@@H](CC(=O)c4ccc(C5CC5)cc4F)[C@H]3C)cnc2C(N)=O)sn1. The largest absolute Gasteiger partial charge is 0.367 e. The van der Waals surface area contributed by atoms with Crippen molar-refractivity contribution in [1.82, 2.24) is 9.36 Å². The Morgan fingerprint density at radius 1 is 1.22 bits per heavy atom. The van der Waals surface area contributed by atoms with Gasteiger partial charge < -0.3 is 16.0 Å². The number of halogens is 1. The lowest BCUT2D eigenvalue weighted by atomic mass is 9.84. The number of ketones is 1. The smallest absolute Gasteiger partial charge is 0.269 e. The Morgan fingerprint density at radius 2 is 2.03 bits per heavy atom. The number of hydrogen-bond donors (Lipinski definition) is 2. The third-order valence-corrected chi connectivity index (χ3v) is 8.06. The third kappa shape index (κ3) is 5.11. The Morgan fingerprint density at radius 3 is 2.69 bits per heavy atom. The Labute approximate surface area is 214 Å². The zero-order valence-electron chi connectivity index (χ0n) is 20.5. The molecule has 3 aromatic rings. The number of nitrogens with one attached hydrogen (secondary N) is 1. The molecule has 36 heavy (non-hydrogen) atoms. The molecule has 9 heteroatoms. The summed E-state index contributed by atoms with van der Waals surface area (Å²) in [6.45, 7) is 4.79. The van der Waals surface area contributed by atoms with Crippen LogP contribution in [0.1, 0.15) is 77.0 Å². The van der Waals surface area contributed by atoms with Crippen LogP contribution in [-0.2, 0) is 0 Å². The van der Waals surface area contributed by atoms with Gasteiger partial charge in [0.25, 0.3) is 5.91 Å². The fraction of sp³-hybridized carbons (Fsp3) is 0.407. The van der Waals surface area contributed by atoms with E-state index in [0.717, 1.165) is 54.2 Å². The average molecular weight is 508 g/mol. The fourth-order valence-corrected chi connectivity index (χ4v) is 5.77. The van der Waals surface area contributed by atoms with Crippen molar-refractivity contribution in [1.29, 1.82) is 0 Å². The van der Waals surface area contributed by atoms with Crippen LogP contribution in [0.2, 0.25) is 0 Å². The van der Waals surface area contributed by atoms with E-state index in [9.17, 15) is 14.0 Å². The van der Waals surface area contributed by atoms with Gasteiger partial charge in [-0.25, -0.2) is 9.37 Å². The number of anilines is 3. The minimum atomic E-state index is -0.616. The molecule has 3 N–H and O–H groups in total. The molecule has 1 saturated heterocycles. The molecular formula is C27H30FN5O2S. The highest BCUT2D eigenvalue weighted by atomic mass is 32.1. The number of carbonyl (C=O) groups is 2. The number of aromatic nitrogens is 2. The molecule has 2 atom stereocenters. The number of nitrogens with two attached hydrogens (primary N) is 1. The van der Waals surface area contributed by atoms with Crippen molar-refractivity contribution in [2.45, 2.75) is 57.9 Å². The van der Waals surface area contributed by atoms with E-state index in [4.69, 9.17) is 5.73 Å². The van der Waals surface area contributed by atoms with E-state index in [-0.39, 0.29) is 35.4 Å². The molecule has 188 valence electrons. The number of nitrogens with zero attached hydrogens (tertiary/aromatic N) is 3. The van der Waals surface area contributed by atoms with Crippen LogP contribution in [0, 0.1) is 18.7 Å². The summed E-state index contributed by atoms with van der Waals surface area (Å²) in [5, 5.41) is 4.02. The number of pyridine rings is 1. The lowest BCUT2D eigenvalue weighted by Gasteiger charge is -2.41. The molecule has 0 bridgehead atoms. The first kappa shape index (κ1) is 24.4. The highest BCUT2D eigenvalue weighted by Gasteiger charge is 2.32. The van der Waals surface area contributed by atoms with Gasteiger partial charge in [0.2, 0.25) is 0 Å². The maximum Gasteiger partial charge on any atom is 0.269 e.